The second-order valence-corrected chi connectivity index (χ2v) is 13.6. The zero-order valence-corrected chi connectivity index (χ0v) is 27.9. The van der Waals surface area contributed by atoms with Gasteiger partial charge in [-0.25, -0.2) is 12.7 Å². The fourth-order valence-corrected chi connectivity index (χ4v) is 6.69. The van der Waals surface area contributed by atoms with Gasteiger partial charge in [0.05, 0.1) is 36.4 Å². The van der Waals surface area contributed by atoms with Gasteiger partial charge in [-0.1, -0.05) is 42.5 Å². The molecule has 1 aliphatic heterocycles. The van der Waals surface area contributed by atoms with Crippen molar-refractivity contribution >= 4 is 33.2 Å². The normalized spacial score (nSPS) is 14.8. The van der Waals surface area contributed by atoms with Gasteiger partial charge in [0, 0.05) is 49.1 Å². The van der Waals surface area contributed by atoms with E-state index in [2.05, 4.69) is 15.7 Å². The molecule has 0 aliphatic carbocycles. The molecule has 2 N–H and O–H groups in total. The predicted molar refractivity (Wildman–Crippen MR) is 179 cm³/mol. The molecule has 4 aromatic rings. The van der Waals surface area contributed by atoms with Crippen molar-refractivity contribution in [1.82, 2.24) is 19.4 Å². The minimum Gasteiger partial charge on any atom is -0.495 e. The number of rotatable bonds is 13. The number of nitrogens with one attached hydrogen (secondary N) is 2. The largest absolute Gasteiger partial charge is 0.495 e. The maximum atomic E-state index is 15.3. The Kier molecular flexibility index (Phi) is 10.4. The van der Waals surface area contributed by atoms with Crippen LogP contribution in [0.2, 0.25) is 0 Å². The number of ether oxygens (including phenoxy) is 1. The molecule has 15 heteroatoms. The van der Waals surface area contributed by atoms with Crippen LogP contribution in [0.25, 0.3) is 0 Å². The van der Waals surface area contributed by atoms with E-state index in [1.165, 1.54) is 101 Å². The molecule has 0 unspecified atom stereocenters. The van der Waals surface area contributed by atoms with Crippen LogP contribution in [0.4, 0.5) is 20.2 Å². The summed E-state index contributed by atoms with van der Waals surface area (Å²) in [5.41, 5.74) is 0.289. The smallest absolute Gasteiger partial charge is 0.298 e. The van der Waals surface area contributed by atoms with E-state index in [1.807, 2.05) is 6.07 Å². The first-order valence-electron chi connectivity index (χ1n) is 15.3. The highest BCUT2D eigenvalue weighted by atomic mass is 32.2. The van der Waals surface area contributed by atoms with Crippen molar-refractivity contribution in [3.05, 3.63) is 107 Å². The van der Waals surface area contributed by atoms with Crippen molar-refractivity contribution in [1.29, 1.82) is 5.26 Å². The van der Waals surface area contributed by atoms with Crippen LogP contribution in [-0.2, 0) is 15.9 Å². The number of alkyl halides is 2. The molecule has 2 heterocycles. The van der Waals surface area contributed by atoms with Crippen LogP contribution in [0.5, 0.6) is 5.75 Å². The quantitative estimate of drug-likeness (QED) is 0.212. The van der Waals surface area contributed by atoms with E-state index < -0.39 is 33.8 Å². The maximum Gasteiger partial charge on any atom is 0.298 e. The van der Waals surface area contributed by atoms with Crippen molar-refractivity contribution in [3.8, 4) is 11.8 Å². The summed E-state index contributed by atoms with van der Waals surface area (Å²) >= 11 is 0. The van der Waals surface area contributed by atoms with E-state index in [0.29, 0.717) is 11.4 Å². The topological polar surface area (TPSA) is 150 Å². The Labute approximate surface area is 282 Å². The number of benzene rings is 3. The van der Waals surface area contributed by atoms with Crippen LogP contribution in [0.15, 0.2) is 79.0 Å². The molecule has 5 rings (SSSR count). The molecule has 12 nitrogen and oxygen atoms in total. The second-order valence-electron chi connectivity index (χ2n) is 11.4. The molecule has 0 bridgehead atoms. The lowest BCUT2D eigenvalue weighted by atomic mass is 9.99. The van der Waals surface area contributed by atoms with Crippen LogP contribution in [0.1, 0.15) is 50.0 Å². The van der Waals surface area contributed by atoms with Crippen LogP contribution in [0.3, 0.4) is 0 Å². The molecule has 0 fully saturated rings. The molecular weight excluding hydrogens is 656 g/mol. The van der Waals surface area contributed by atoms with E-state index in [4.69, 9.17) is 4.74 Å². The molecule has 1 aliphatic rings. The van der Waals surface area contributed by atoms with Crippen LogP contribution < -0.4 is 20.3 Å². The van der Waals surface area contributed by atoms with E-state index in [9.17, 15) is 23.3 Å². The number of nitrogens with zero attached hydrogens (tertiary/aromatic N) is 5. The number of hydrogen-bond donors (Lipinski definition) is 2. The van der Waals surface area contributed by atoms with Gasteiger partial charge in [0.15, 0.2) is 5.69 Å². The second kappa shape index (κ2) is 14.5. The molecular formula is C34H35F2N7O5S. The molecule has 49 heavy (non-hydrogen) atoms. The molecule has 0 saturated carbocycles. The summed E-state index contributed by atoms with van der Waals surface area (Å²) in [5, 5.41) is 19.4. The van der Waals surface area contributed by atoms with Gasteiger partial charge in [0.25, 0.3) is 17.7 Å². The number of aromatic nitrogens is 2. The Morgan fingerprint density at radius 2 is 1.82 bits per heavy atom. The van der Waals surface area contributed by atoms with E-state index >= 15 is 8.78 Å². The van der Waals surface area contributed by atoms with Gasteiger partial charge in [0.1, 0.15) is 11.8 Å². The number of carbonyl (C=O) groups excluding carboxylic acids is 2. The van der Waals surface area contributed by atoms with Crippen LogP contribution in [-0.4, -0.2) is 80.9 Å². The standard InChI is InChI=1S/C34H35F2N7O5S/c1-38-16-18-49(46,47)41(2)17-15-28-22-42(27-12-10-26(11-13-27)34(35,36)25-7-5-4-6-8-25)33(45)31-29(21-39-43(28)31)40-32(44)23-9-14-30(48-3)24(19-23)20-37/h4-14,19,21,28,38H,15-18,22H2,1-3H3,(H,40,44)/t28-/m1/s1. The predicted octanol–water partition coefficient (Wildman–Crippen LogP) is 4.23. The minimum absolute atomic E-state index is 0.0259. The van der Waals surface area contributed by atoms with Gasteiger partial charge in [-0.2, -0.15) is 19.1 Å². The lowest BCUT2D eigenvalue weighted by Crippen LogP contribution is -2.45. The zero-order chi connectivity index (χ0) is 35.3. The Bertz CT molecular complexity index is 1980. The van der Waals surface area contributed by atoms with Crippen molar-refractivity contribution in [3.63, 3.8) is 0 Å². The average Bonchev–Trinajstić information content (AvgIpc) is 3.54. The monoisotopic (exact) mass is 691 g/mol. The first kappa shape index (κ1) is 35.1. The minimum atomic E-state index is -3.57. The maximum absolute atomic E-state index is 15.3. The Balaban J connectivity index is 1.46. The first-order chi connectivity index (χ1) is 23.4. The summed E-state index contributed by atoms with van der Waals surface area (Å²) < 4.78 is 64.0. The SMILES string of the molecule is CNCCS(=O)(=O)N(C)CC[C@@H]1CN(c2ccc(C(F)(F)c3ccccc3)cc2)C(=O)c2c(NC(=O)c3ccc(OC)c(C#N)c3)cnn21. The van der Waals surface area contributed by atoms with Crippen molar-refractivity contribution < 1.29 is 31.5 Å². The lowest BCUT2D eigenvalue weighted by molar-refractivity contribution is 0.0428. The van der Waals surface area contributed by atoms with Gasteiger partial charge in [-0.3, -0.25) is 14.3 Å². The average molecular weight is 692 g/mol. The molecule has 0 radical (unpaired) electrons. The summed E-state index contributed by atoms with van der Waals surface area (Å²) in [6, 6.07) is 18.5. The van der Waals surface area contributed by atoms with E-state index in [0.717, 1.165) is 0 Å². The van der Waals surface area contributed by atoms with Crippen molar-refractivity contribution in [2.24, 2.45) is 0 Å². The Morgan fingerprint density at radius 3 is 2.47 bits per heavy atom. The highest BCUT2D eigenvalue weighted by Gasteiger charge is 2.38. The third-order valence-corrected chi connectivity index (χ3v) is 10.2. The van der Waals surface area contributed by atoms with Crippen LogP contribution in [0, 0.1) is 11.3 Å². The number of sulfonamides is 1. The Morgan fingerprint density at radius 1 is 1.12 bits per heavy atom. The number of fused-ring (bicyclic) bond motifs is 1. The van der Waals surface area contributed by atoms with Gasteiger partial charge in [0.2, 0.25) is 10.0 Å². The van der Waals surface area contributed by atoms with E-state index in [-0.39, 0.29) is 65.4 Å². The first-order valence-corrected chi connectivity index (χ1v) is 16.9. The summed E-state index contributed by atoms with van der Waals surface area (Å²) in [5.74, 6) is -4.24. The van der Waals surface area contributed by atoms with Gasteiger partial charge in [-0.15, -0.1) is 0 Å². The number of nitriles is 1. The molecule has 2 amide bonds. The highest BCUT2D eigenvalue weighted by molar-refractivity contribution is 7.89. The lowest BCUT2D eigenvalue weighted by Gasteiger charge is -2.35. The highest BCUT2D eigenvalue weighted by Crippen LogP contribution is 2.38. The fraction of sp³-hybridized carbons (Fsp3) is 0.294. The summed E-state index contributed by atoms with van der Waals surface area (Å²) in [7, 11) is 0.966. The molecule has 256 valence electrons. The molecule has 1 aromatic heterocycles. The number of methoxy groups -OCH3 is 1. The third-order valence-electron chi connectivity index (χ3n) is 8.35. The number of hydrogen-bond acceptors (Lipinski definition) is 8. The third kappa shape index (κ3) is 7.31. The zero-order valence-electron chi connectivity index (χ0n) is 27.1. The van der Waals surface area contributed by atoms with Gasteiger partial charge < -0.3 is 20.3 Å². The van der Waals surface area contributed by atoms with Crippen molar-refractivity contribution in [2.45, 2.75) is 18.4 Å². The summed E-state index contributed by atoms with van der Waals surface area (Å²) in [6.45, 7) is 0.433. The summed E-state index contributed by atoms with van der Waals surface area (Å²) in [4.78, 5) is 28.8. The van der Waals surface area contributed by atoms with Crippen molar-refractivity contribution in [2.75, 3.05) is 56.8 Å². The van der Waals surface area contributed by atoms with E-state index in [1.54, 1.807) is 13.1 Å². The fourth-order valence-electron chi connectivity index (χ4n) is 5.53. The Hall–Kier alpha value is -5.17. The summed E-state index contributed by atoms with van der Waals surface area (Å²) in [6.07, 6.45) is 1.57. The number of amides is 2. The molecule has 1 atom stereocenters. The van der Waals surface area contributed by atoms with Gasteiger partial charge in [-0.05, 0) is 43.8 Å². The van der Waals surface area contributed by atoms with Crippen LogP contribution >= 0.6 is 0 Å². The number of carbonyl (C=O) groups is 2. The van der Waals surface area contributed by atoms with Gasteiger partial charge >= 0.3 is 0 Å². The molecule has 0 spiro atoms. The number of halogens is 2. The molecule has 3 aromatic carbocycles. The molecule has 0 saturated heterocycles. The number of anilines is 2.